The number of hydrogen-bond acceptors (Lipinski definition) is 2. The molecular formula is C19H21NO. The van der Waals surface area contributed by atoms with Crippen LogP contribution in [0.4, 0.5) is 5.69 Å². The molecule has 1 heterocycles. The largest absolute Gasteiger partial charge is 0.367 e. The Morgan fingerprint density at radius 2 is 1.76 bits per heavy atom. The second-order valence-corrected chi connectivity index (χ2v) is 5.62. The van der Waals surface area contributed by atoms with Gasteiger partial charge in [0.1, 0.15) is 0 Å². The smallest absolute Gasteiger partial charge is 0.162 e. The number of benzene rings is 2. The molecule has 0 radical (unpaired) electrons. The molecule has 0 bridgehead atoms. The van der Waals surface area contributed by atoms with E-state index in [1.54, 1.807) is 0 Å². The van der Waals surface area contributed by atoms with Crippen molar-refractivity contribution in [3.8, 4) is 0 Å². The minimum absolute atomic E-state index is 0.211. The van der Waals surface area contributed by atoms with Crippen LogP contribution < -0.4 is 4.90 Å². The van der Waals surface area contributed by atoms with Crippen molar-refractivity contribution in [2.75, 3.05) is 11.4 Å². The van der Waals surface area contributed by atoms with E-state index in [2.05, 4.69) is 41.3 Å². The summed E-state index contributed by atoms with van der Waals surface area (Å²) in [5.74, 6) is 0.211. The average Bonchev–Trinajstić information content (AvgIpc) is 2.76. The fraction of sp³-hybridized carbons (Fsp3) is 0.316. The molecule has 0 atom stereocenters. The molecule has 1 aliphatic rings. The van der Waals surface area contributed by atoms with Crippen LogP contribution in [-0.4, -0.2) is 12.3 Å². The van der Waals surface area contributed by atoms with Gasteiger partial charge in [0.2, 0.25) is 0 Å². The number of anilines is 1. The van der Waals surface area contributed by atoms with E-state index in [-0.39, 0.29) is 5.78 Å². The Morgan fingerprint density at radius 1 is 1.05 bits per heavy atom. The molecule has 0 fully saturated rings. The summed E-state index contributed by atoms with van der Waals surface area (Å²) < 4.78 is 0. The number of nitrogens with zero attached hydrogens (tertiary/aromatic N) is 1. The first-order valence-corrected chi connectivity index (χ1v) is 7.73. The minimum atomic E-state index is 0.211. The maximum atomic E-state index is 11.7. The van der Waals surface area contributed by atoms with Gasteiger partial charge >= 0.3 is 0 Å². The fourth-order valence-electron chi connectivity index (χ4n) is 2.98. The van der Waals surface area contributed by atoms with Crippen LogP contribution in [0.15, 0.2) is 48.5 Å². The lowest BCUT2D eigenvalue weighted by atomic mass is 10.0. The molecule has 108 valence electrons. The first-order chi connectivity index (χ1) is 10.3. The Hall–Kier alpha value is -2.09. The summed E-state index contributed by atoms with van der Waals surface area (Å²) in [7, 11) is 0. The van der Waals surface area contributed by atoms with Gasteiger partial charge in [0.25, 0.3) is 0 Å². The van der Waals surface area contributed by atoms with Crippen LogP contribution in [0.3, 0.4) is 0 Å². The molecule has 0 saturated heterocycles. The van der Waals surface area contributed by atoms with Crippen molar-refractivity contribution in [1.29, 1.82) is 0 Å². The molecule has 0 aliphatic carbocycles. The van der Waals surface area contributed by atoms with E-state index >= 15 is 0 Å². The van der Waals surface area contributed by atoms with Crippen LogP contribution >= 0.6 is 0 Å². The second kappa shape index (κ2) is 6.13. The summed E-state index contributed by atoms with van der Waals surface area (Å²) in [6.07, 6.45) is 2.89. The number of rotatable bonds is 3. The number of Topliss-reactive ketones (excluding diaryl/α,β-unsaturated/α-hetero) is 1. The Balaban J connectivity index is 1.82. The first-order valence-electron chi connectivity index (χ1n) is 7.73. The summed E-state index contributed by atoms with van der Waals surface area (Å²) >= 11 is 0. The van der Waals surface area contributed by atoms with E-state index in [0.717, 1.165) is 25.1 Å². The van der Waals surface area contributed by atoms with Crippen molar-refractivity contribution in [3.63, 3.8) is 0 Å². The fourth-order valence-corrected chi connectivity index (χ4v) is 2.98. The zero-order valence-electron chi connectivity index (χ0n) is 12.5. The Labute approximate surface area is 126 Å². The molecule has 0 spiro atoms. The van der Waals surface area contributed by atoms with Crippen molar-refractivity contribution in [3.05, 3.63) is 65.2 Å². The van der Waals surface area contributed by atoms with E-state index in [9.17, 15) is 4.79 Å². The highest BCUT2D eigenvalue weighted by molar-refractivity contribution is 5.96. The third-order valence-corrected chi connectivity index (χ3v) is 4.23. The van der Waals surface area contributed by atoms with Gasteiger partial charge in [-0.3, -0.25) is 4.79 Å². The predicted molar refractivity (Wildman–Crippen MR) is 86.9 cm³/mol. The molecule has 0 N–H and O–H groups in total. The predicted octanol–water partition coefficient (Wildman–Crippen LogP) is 4.23. The number of hydrogen-bond donors (Lipinski definition) is 0. The molecular weight excluding hydrogens is 258 g/mol. The third-order valence-electron chi connectivity index (χ3n) is 4.23. The Bertz CT molecular complexity index is 630. The molecule has 2 heteroatoms. The zero-order chi connectivity index (χ0) is 14.7. The topological polar surface area (TPSA) is 20.3 Å². The normalized spacial score (nSPS) is 14.4. The van der Waals surface area contributed by atoms with E-state index in [0.29, 0.717) is 6.42 Å². The lowest BCUT2D eigenvalue weighted by Gasteiger charge is -2.23. The summed E-state index contributed by atoms with van der Waals surface area (Å²) in [4.78, 5) is 14.1. The number of carbonyl (C=O) groups is 1. The number of ketones is 1. The van der Waals surface area contributed by atoms with Gasteiger partial charge in [-0.15, -0.1) is 0 Å². The van der Waals surface area contributed by atoms with Gasteiger partial charge in [0, 0.05) is 30.8 Å². The van der Waals surface area contributed by atoms with Gasteiger partial charge in [-0.05, 0) is 48.2 Å². The van der Waals surface area contributed by atoms with Gasteiger partial charge in [0.05, 0.1) is 0 Å². The van der Waals surface area contributed by atoms with Gasteiger partial charge < -0.3 is 4.90 Å². The summed E-state index contributed by atoms with van der Waals surface area (Å²) in [5.41, 5.74) is 4.91. The standard InChI is InChI=1S/C19H21NO/c1-2-19(21)16-9-11-18(12-10-16)20-13-5-8-15-6-3-4-7-17(15)14-20/h3-4,6-7,9-12H,2,5,8,13-14H2,1H3. The van der Waals surface area contributed by atoms with E-state index < -0.39 is 0 Å². The van der Waals surface area contributed by atoms with Crippen molar-refractivity contribution >= 4 is 11.5 Å². The van der Waals surface area contributed by atoms with E-state index in [1.165, 1.54) is 23.2 Å². The number of carbonyl (C=O) groups excluding carboxylic acids is 1. The molecule has 3 rings (SSSR count). The lowest BCUT2D eigenvalue weighted by molar-refractivity contribution is 0.0988. The van der Waals surface area contributed by atoms with E-state index in [1.807, 2.05) is 19.1 Å². The maximum absolute atomic E-state index is 11.7. The first kappa shape index (κ1) is 13.9. The molecule has 0 unspecified atom stereocenters. The van der Waals surface area contributed by atoms with Gasteiger partial charge in [-0.1, -0.05) is 31.2 Å². The number of aryl methyl sites for hydroxylation is 1. The number of fused-ring (bicyclic) bond motifs is 1. The molecule has 21 heavy (non-hydrogen) atoms. The molecule has 2 aromatic carbocycles. The monoisotopic (exact) mass is 279 g/mol. The molecule has 0 aromatic heterocycles. The summed E-state index contributed by atoms with van der Waals surface area (Å²) in [6.45, 7) is 3.93. The van der Waals surface area contributed by atoms with Gasteiger partial charge in [0.15, 0.2) is 5.78 Å². The highest BCUT2D eigenvalue weighted by Crippen LogP contribution is 2.24. The van der Waals surface area contributed by atoms with Crippen molar-refractivity contribution in [2.24, 2.45) is 0 Å². The maximum Gasteiger partial charge on any atom is 0.162 e. The summed E-state index contributed by atoms with van der Waals surface area (Å²) in [6, 6.07) is 16.8. The van der Waals surface area contributed by atoms with Gasteiger partial charge in [-0.25, -0.2) is 0 Å². The van der Waals surface area contributed by atoms with Crippen LogP contribution in [0.2, 0.25) is 0 Å². The molecule has 0 amide bonds. The van der Waals surface area contributed by atoms with E-state index in [4.69, 9.17) is 0 Å². The van der Waals surface area contributed by atoms with Crippen molar-refractivity contribution in [1.82, 2.24) is 0 Å². The van der Waals surface area contributed by atoms with Gasteiger partial charge in [-0.2, -0.15) is 0 Å². The van der Waals surface area contributed by atoms with Crippen LogP contribution in [0.1, 0.15) is 41.3 Å². The zero-order valence-corrected chi connectivity index (χ0v) is 12.5. The highest BCUT2D eigenvalue weighted by atomic mass is 16.1. The summed E-state index contributed by atoms with van der Waals surface area (Å²) in [5, 5.41) is 0. The molecule has 2 aromatic rings. The quantitative estimate of drug-likeness (QED) is 0.784. The Kier molecular flexibility index (Phi) is 4.05. The van der Waals surface area contributed by atoms with Crippen LogP contribution in [0.5, 0.6) is 0 Å². The molecule has 2 nitrogen and oxygen atoms in total. The average molecular weight is 279 g/mol. The lowest BCUT2D eigenvalue weighted by Crippen LogP contribution is -2.22. The van der Waals surface area contributed by atoms with Crippen LogP contribution in [-0.2, 0) is 13.0 Å². The third kappa shape index (κ3) is 2.99. The van der Waals surface area contributed by atoms with Crippen LogP contribution in [0.25, 0.3) is 0 Å². The SMILES string of the molecule is CCC(=O)c1ccc(N2CCCc3ccccc3C2)cc1. The van der Waals surface area contributed by atoms with Crippen molar-refractivity contribution < 1.29 is 4.79 Å². The highest BCUT2D eigenvalue weighted by Gasteiger charge is 2.14. The minimum Gasteiger partial charge on any atom is -0.367 e. The van der Waals surface area contributed by atoms with Crippen LogP contribution in [0, 0.1) is 0 Å². The van der Waals surface area contributed by atoms with Crippen molar-refractivity contribution in [2.45, 2.75) is 32.7 Å². The molecule has 0 saturated carbocycles. The molecule has 1 aliphatic heterocycles. The Morgan fingerprint density at radius 3 is 2.48 bits per heavy atom. The second-order valence-electron chi connectivity index (χ2n) is 5.62.